The zero-order chi connectivity index (χ0) is 9.47. The molecule has 0 bridgehead atoms. The van der Waals surface area contributed by atoms with Crippen molar-refractivity contribution in [2.24, 2.45) is 21.2 Å². The van der Waals surface area contributed by atoms with Gasteiger partial charge in [0.15, 0.2) is 0 Å². The van der Waals surface area contributed by atoms with E-state index in [0.29, 0.717) is 0 Å². The molecule has 2 heterocycles. The second-order valence-corrected chi connectivity index (χ2v) is 3.02. The van der Waals surface area contributed by atoms with E-state index in [-0.39, 0.29) is 12.5 Å². The van der Waals surface area contributed by atoms with Crippen molar-refractivity contribution >= 4 is 12.1 Å². The topological polar surface area (TPSA) is 81.2 Å². The number of amides is 1. The fraction of sp³-hybridized carbons (Fsp3) is 0.571. The molecule has 0 saturated heterocycles. The minimum Gasteiger partial charge on any atom is -0.272 e. The molecule has 13 heavy (non-hydrogen) atoms. The molecule has 0 aromatic carbocycles. The van der Waals surface area contributed by atoms with E-state index >= 15 is 0 Å². The van der Waals surface area contributed by atoms with Crippen LogP contribution in [0.4, 0.5) is 0 Å². The fourth-order valence-electron chi connectivity index (χ4n) is 1.42. The molecular weight excluding hydrogens is 170 g/mol. The monoisotopic (exact) mass is 177 g/mol. The van der Waals surface area contributed by atoms with Gasteiger partial charge < -0.3 is 0 Å². The van der Waals surface area contributed by atoms with Gasteiger partial charge >= 0.3 is 0 Å². The van der Waals surface area contributed by atoms with Gasteiger partial charge in [0.05, 0.1) is 12.8 Å². The van der Waals surface area contributed by atoms with Gasteiger partial charge in [0.2, 0.25) is 5.54 Å². The number of hydrogen-bond acceptors (Lipinski definition) is 5. The summed E-state index contributed by atoms with van der Waals surface area (Å²) < 4.78 is 0. The van der Waals surface area contributed by atoms with Crippen LogP contribution in [0, 0.1) is 17.2 Å². The largest absolute Gasteiger partial charge is 0.272 e. The Morgan fingerprint density at radius 1 is 1.85 bits per heavy atom. The molecule has 0 N–H and O–H groups in total. The quantitative estimate of drug-likeness (QED) is 0.513. The zero-order valence-corrected chi connectivity index (χ0v) is 7.01. The molecule has 0 aromatic heterocycles. The first-order valence-electron chi connectivity index (χ1n) is 3.82. The lowest BCUT2D eigenvalue weighted by Gasteiger charge is -2.27. The average molecular weight is 177 g/mol. The van der Waals surface area contributed by atoms with Crippen LogP contribution in [-0.4, -0.2) is 36.3 Å². The standard InChI is InChI=1S/C7H7N5O/c1-12-6(13)5-2-9-11-7(5,3-8)4-10-12/h4-5H,2H2,1H3. The van der Waals surface area contributed by atoms with Crippen LogP contribution in [0.5, 0.6) is 0 Å². The van der Waals surface area contributed by atoms with Crippen LogP contribution in [0.2, 0.25) is 0 Å². The van der Waals surface area contributed by atoms with E-state index < -0.39 is 11.5 Å². The third kappa shape index (κ3) is 0.869. The second kappa shape index (κ2) is 2.36. The highest BCUT2D eigenvalue weighted by Gasteiger charge is 2.50. The van der Waals surface area contributed by atoms with Gasteiger partial charge in [-0.15, -0.1) is 0 Å². The molecule has 6 nitrogen and oxygen atoms in total. The summed E-state index contributed by atoms with van der Waals surface area (Å²) in [6, 6.07) is 1.97. The molecule has 0 saturated carbocycles. The number of rotatable bonds is 0. The van der Waals surface area contributed by atoms with Crippen molar-refractivity contribution in [1.29, 1.82) is 5.26 Å². The predicted octanol–water partition coefficient (Wildman–Crippen LogP) is -0.211. The van der Waals surface area contributed by atoms with Crippen molar-refractivity contribution in [3.63, 3.8) is 0 Å². The molecule has 6 heteroatoms. The minimum atomic E-state index is -1.14. The van der Waals surface area contributed by atoms with Crippen LogP contribution < -0.4 is 0 Å². The normalized spacial score (nSPS) is 36.2. The maximum atomic E-state index is 11.5. The highest BCUT2D eigenvalue weighted by Crippen LogP contribution is 2.31. The first kappa shape index (κ1) is 7.86. The first-order chi connectivity index (χ1) is 6.19. The number of hydrazone groups is 1. The van der Waals surface area contributed by atoms with Gasteiger partial charge in [-0.05, 0) is 0 Å². The van der Waals surface area contributed by atoms with Gasteiger partial charge in [0, 0.05) is 7.05 Å². The van der Waals surface area contributed by atoms with Crippen molar-refractivity contribution in [2.45, 2.75) is 5.54 Å². The SMILES string of the molecule is CN1N=CC2(C#N)N=NCC2C1=O. The molecule has 2 unspecified atom stereocenters. The van der Waals surface area contributed by atoms with Crippen molar-refractivity contribution in [1.82, 2.24) is 5.01 Å². The van der Waals surface area contributed by atoms with Crippen LogP contribution in [0.3, 0.4) is 0 Å². The van der Waals surface area contributed by atoms with Crippen LogP contribution in [-0.2, 0) is 4.79 Å². The van der Waals surface area contributed by atoms with E-state index in [1.165, 1.54) is 11.2 Å². The summed E-state index contributed by atoms with van der Waals surface area (Å²) in [7, 11) is 1.55. The Balaban J connectivity index is 2.47. The van der Waals surface area contributed by atoms with Gasteiger partial charge in [-0.3, -0.25) is 4.79 Å². The van der Waals surface area contributed by atoms with Crippen molar-refractivity contribution < 1.29 is 4.79 Å². The molecule has 0 spiro atoms. The van der Waals surface area contributed by atoms with Gasteiger partial charge in [-0.1, -0.05) is 0 Å². The number of hydrogen-bond donors (Lipinski definition) is 0. The molecule has 0 radical (unpaired) electrons. The lowest BCUT2D eigenvalue weighted by atomic mass is 9.86. The van der Waals surface area contributed by atoms with Gasteiger partial charge in [0.25, 0.3) is 5.91 Å². The van der Waals surface area contributed by atoms with Gasteiger partial charge in [-0.2, -0.15) is 20.6 Å². The summed E-state index contributed by atoms with van der Waals surface area (Å²) in [5.74, 6) is -0.686. The van der Waals surface area contributed by atoms with Crippen LogP contribution >= 0.6 is 0 Å². The van der Waals surface area contributed by atoms with E-state index in [2.05, 4.69) is 15.3 Å². The number of carbonyl (C=O) groups excluding carboxylic acids is 1. The van der Waals surface area contributed by atoms with Crippen LogP contribution in [0.25, 0.3) is 0 Å². The minimum absolute atomic E-state index is 0.200. The fourth-order valence-corrected chi connectivity index (χ4v) is 1.42. The van der Waals surface area contributed by atoms with Crippen molar-refractivity contribution in [2.75, 3.05) is 13.6 Å². The Bertz CT molecular complexity index is 354. The third-order valence-electron chi connectivity index (χ3n) is 2.26. The predicted molar refractivity (Wildman–Crippen MR) is 42.8 cm³/mol. The summed E-state index contributed by atoms with van der Waals surface area (Å²) >= 11 is 0. The highest BCUT2D eigenvalue weighted by atomic mass is 16.2. The van der Waals surface area contributed by atoms with E-state index in [1.807, 2.05) is 6.07 Å². The van der Waals surface area contributed by atoms with Gasteiger partial charge in [0.1, 0.15) is 12.0 Å². The maximum absolute atomic E-state index is 11.5. The molecule has 2 aliphatic heterocycles. The number of azo groups is 1. The molecule has 2 rings (SSSR count). The van der Waals surface area contributed by atoms with E-state index in [1.54, 1.807) is 7.05 Å². The Labute approximate surface area is 74.5 Å². The zero-order valence-electron chi connectivity index (χ0n) is 7.01. The third-order valence-corrected chi connectivity index (χ3v) is 2.26. The Hall–Kier alpha value is -1.77. The molecule has 0 aromatic rings. The van der Waals surface area contributed by atoms with Crippen molar-refractivity contribution in [3.8, 4) is 6.07 Å². The number of nitrogens with zero attached hydrogens (tertiary/aromatic N) is 5. The number of nitriles is 1. The molecule has 66 valence electrons. The number of carbonyl (C=O) groups is 1. The summed E-state index contributed by atoms with van der Waals surface area (Å²) in [5.41, 5.74) is -1.14. The Morgan fingerprint density at radius 2 is 2.62 bits per heavy atom. The highest BCUT2D eigenvalue weighted by molar-refractivity contribution is 5.93. The van der Waals surface area contributed by atoms with Crippen LogP contribution in [0.1, 0.15) is 0 Å². The average Bonchev–Trinajstić information content (AvgIpc) is 2.57. The van der Waals surface area contributed by atoms with E-state index in [4.69, 9.17) is 5.26 Å². The van der Waals surface area contributed by atoms with Crippen molar-refractivity contribution in [3.05, 3.63) is 0 Å². The first-order valence-corrected chi connectivity index (χ1v) is 3.82. The van der Waals surface area contributed by atoms with Crippen LogP contribution in [0.15, 0.2) is 15.3 Å². The summed E-state index contributed by atoms with van der Waals surface area (Å²) in [6.07, 6.45) is 1.38. The maximum Gasteiger partial charge on any atom is 0.251 e. The Kier molecular flexibility index (Phi) is 1.42. The molecule has 0 fully saturated rings. The second-order valence-electron chi connectivity index (χ2n) is 3.02. The molecule has 2 atom stereocenters. The van der Waals surface area contributed by atoms with E-state index in [9.17, 15) is 4.79 Å². The lowest BCUT2D eigenvalue weighted by Crippen LogP contribution is -2.48. The summed E-state index contributed by atoms with van der Waals surface area (Å²) in [5, 5.41) is 21.4. The van der Waals surface area contributed by atoms with Gasteiger partial charge in [-0.25, -0.2) is 5.01 Å². The molecule has 1 amide bonds. The molecule has 2 aliphatic rings. The Morgan fingerprint density at radius 3 is 3.31 bits per heavy atom. The number of fused-ring (bicyclic) bond motifs is 1. The summed E-state index contributed by atoms with van der Waals surface area (Å²) in [4.78, 5) is 11.5. The molecule has 0 aliphatic carbocycles. The smallest absolute Gasteiger partial charge is 0.251 e. The molecular formula is C7H7N5O. The summed E-state index contributed by atoms with van der Waals surface area (Å²) in [6.45, 7) is 0.281. The lowest BCUT2D eigenvalue weighted by molar-refractivity contribution is -0.135. The van der Waals surface area contributed by atoms with E-state index in [0.717, 1.165) is 0 Å².